The average Bonchev–Trinajstić information content (AvgIpc) is 2.95. The predicted octanol–water partition coefficient (Wildman–Crippen LogP) is 2.39. The molecule has 19 heavy (non-hydrogen) atoms. The van der Waals surface area contributed by atoms with Gasteiger partial charge in [0.2, 0.25) is 0 Å². The molecule has 0 aromatic heterocycles. The Morgan fingerprint density at radius 1 is 1.47 bits per heavy atom. The SMILES string of the molecule is CCC(CC(N)=NO)N1CCC(c2ccccc2)C1. The van der Waals surface area contributed by atoms with Gasteiger partial charge in [0.15, 0.2) is 0 Å². The van der Waals surface area contributed by atoms with Gasteiger partial charge in [-0.2, -0.15) is 0 Å². The Morgan fingerprint density at radius 2 is 2.21 bits per heavy atom. The molecule has 0 saturated carbocycles. The van der Waals surface area contributed by atoms with E-state index in [2.05, 4.69) is 47.3 Å². The molecule has 0 amide bonds. The normalized spacial score (nSPS) is 22.6. The third-order valence-corrected chi connectivity index (χ3v) is 4.05. The summed E-state index contributed by atoms with van der Waals surface area (Å²) in [5, 5.41) is 11.8. The molecular weight excluding hydrogens is 238 g/mol. The quantitative estimate of drug-likeness (QED) is 0.370. The molecule has 0 spiro atoms. The maximum Gasteiger partial charge on any atom is 0.140 e. The van der Waals surface area contributed by atoms with Crippen LogP contribution in [-0.4, -0.2) is 35.1 Å². The first-order chi connectivity index (χ1) is 9.24. The van der Waals surface area contributed by atoms with Gasteiger partial charge in [-0.1, -0.05) is 42.4 Å². The van der Waals surface area contributed by atoms with E-state index in [1.165, 1.54) is 12.0 Å². The van der Waals surface area contributed by atoms with Crippen LogP contribution < -0.4 is 5.73 Å². The van der Waals surface area contributed by atoms with Gasteiger partial charge in [-0.05, 0) is 30.9 Å². The zero-order valence-corrected chi connectivity index (χ0v) is 11.5. The van der Waals surface area contributed by atoms with Crippen molar-refractivity contribution < 1.29 is 5.21 Å². The molecule has 1 aromatic rings. The predicted molar refractivity (Wildman–Crippen MR) is 77.5 cm³/mol. The van der Waals surface area contributed by atoms with E-state index in [9.17, 15) is 0 Å². The molecule has 0 aliphatic carbocycles. The number of oxime groups is 1. The van der Waals surface area contributed by atoms with Crippen LogP contribution in [0.25, 0.3) is 0 Å². The van der Waals surface area contributed by atoms with E-state index in [0.717, 1.165) is 19.5 Å². The standard InChI is InChI=1S/C15H23N3O/c1-2-14(10-15(16)17-19)18-9-8-13(11-18)12-6-4-3-5-7-12/h3-7,13-14,19H,2,8-11H2,1H3,(H2,16,17). The summed E-state index contributed by atoms with van der Waals surface area (Å²) in [6.07, 6.45) is 2.86. The average molecular weight is 261 g/mol. The molecule has 1 heterocycles. The summed E-state index contributed by atoms with van der Waals surface area (Å²) in [4.78, 5) is 2.47. The topological polar surface area (TPSA) is 61.9 Å². The first kappa shape index (κ1) is 13.9. The minimum absolute atomic E-state index is 0.329. The Hall–Kier alpha value is -1.55. The number of amidine groups is 1. The van der Waals surface area contributed by atoms with E-state index in [1.54, 1.807) is 0 Å². The highest BCUT2D eigenvalue weighted by Crippen LogP contribution is 2.29. The van der Waals surface area contributed by atoms with Crippen LogP contribution in [0.5, 0.6) is 0 Å². The maximum atomic E-state index is 8.70. The Bertz CT molecular complexity index is 419. The van der Waals surface area contributed by atoms with Crippen molar-refractivity contribution in [2.75, 3.05) is 13.1 Å². The number of nitrogens with zero attached hydrogens (tertiary/aromatic N) is 2. The lowest BCUT2D eigenvalue weighted by Crippen LogP contribution is -2.36. The number of benzene rings is 1. The molecule has 3 N–H and O–H groups in total. The fraction of sp³-hybridized carbons (Fsp3) is 0.533. The van der Waals surface area contributed by atoms with Crippen molar-refractivity contribution in [2.24, 2.45) is 10.9 Å². The molecule has 0 radical (unpaired) electrons. The molecule has 0 bridgehead atoms. The van der Waals surface area contributed by atoms with E-state index >= 15 is 0 Å². The highest BCUT2D eigenvalue weighted by atomic mass is 16.4. The number of hydrogen-bond donors (Lipinski definition) is 2. The molecule has 1 aliphatic heterocycles. The summed E-state index contributed by atoms with van der Waals surface area (Å²) in [7, 11) is 0. The van der Waals surface area contributed by atoms with Gasteiger partial charge in [-0.25, -0.2) is 0 Å². The Balaban J connectivity index is 1.97. The second kappa shape index (κ2) is 6.57. The van der Waals surface area contributed by atoms with Crippen LogP contribution in [-0.2, 0) is 0 Å². The summed E-state index contributed by atoms with van der Waals surface area (Å²) in [5.41, 5.74) is 7.06. The number of rotatable bonds is 5. The molecule has 1 saturated heterocycles. The van der Waals surface area contributed by atoms with Crippen LogP contribution in [0.3, 0.4) is 0 Å². The van der Waals surface area contributed by atoms with Crippen molar-refractivity contribution in [1.29, 1.82) is 0 Å². The fourth-order valence-electron chi connectivity index (χ4n) is 2.93. The monoisotopic (exact) mass is 261 g/mol. The van der Waals surface area contributed by atoms with Crippen LogP contribution in [0.1, 0.15) is 37.7 Å². The smallest absolute Gasteiger partial charge is 0.140 e. The molecule has 104 valence electrons. The summed E-state index contributed by atoms with van der Waals surface area (Å²) >= 11 is 0. The molecule has 4 nitrogen and oxygen atoms in total. The highest BCUT2D eigenvalue weighted by molar-refractivity contribution is 5.80. The van der Waals surface area contributed by atoms with Crippen molar-refractivity contribution in [3.05, 3.63) is 35.9 Å². The van der Waals surface area contributed by atoms with Gasteiger partial charge >= 0.3 is 0 Å². The zero-order chi connectivity index (χ0) is 13.7. The van der Waals surface area contributed by atoms with Gasteiger partial charge in [0.1, 0.15) is 5.84 Å². The summed E-state index contributed by atoms with van der Waals surface area (Å²) in [5.74, 6) is 0.942. The molecule has 2 atom stereocenters. The largest absolute Gasteiger partial charge is 0.409 e. The van der Waals surface area contributed by atoms with Crippen LogP contribution in [0.4, 0.5) is 0 Å². The second-order valence-corrected chi connectivity index (χ2v) is 5.25. The second-order valence-electron chi connectivity index (χ2n) is 5.25. The lowest BCUT2D eigenvalue weighted by molar-refractivity contribution is 0.235. The number of nitrogens with two attached hydrogens (primary N) is 1. The molecule has 1 fully saturated rings. The summed E-state index contributed by atoms with van der Waals surface area (Å²) < 4.78 is 0. The number of hydrogen-bond acceptors (Lipinski definition) is 3. The Kier molecular flexibility index (Phi) is 4.80. The first-order valence-corrected chi connectivity index (χ1v) is 7.00. The minimum Gasteiger partial charge on any atom is -0.409 e. The van der Waals surface area contributed by atoms with E-state index in [1.807, 2.05) is 0 Å². The van der Waals surface area contributed by atoms with Crippen LogP contribution >= 0.6 is 0 Å². The first-order valence-electron chi connectivity index (χ1n) is 7.00. The van der Waals surface area contributed by atoms with Crippen molar-refractivity contribution >= 4 is 5.84 Å². The number of likely N-dealkylation sites (tertiary alicyclic amines) is 1. The van der Waals surface area contributed by atoms with Gasteiger partial charge in [-0.15, -0.1) is 0 Å². The third kappa shape index (κ3) is 3.47. The van der Waals surface area contributed by atoms with E-state index in [4.69, 9.17) is 10.9 Å². The lowest BCUT2D eigenvalue weighted by Gasteiger charge is -2.26. The molecule has 4 heteroatoms. The zero-order valence-electron chi connectivity index (χ0n) is 11.5. The fourth-order valence-corrected chi connectivity index (χ4v) is 2.93. The van der Waals surface area contributed by atoms with Gasteiger partial charge in [0.25, 0.3) is 0 Å². The van der Waals surface area contributed by atoms with Crippen LogP contribution in [0, 0.1) is 0 Å². The van der Waals surface area contributed by atoms with Crippen molar-refractivity contribution in [3.8, 4) is 0 Å². The molecule has 2 rings (SSSR count). The van der Waals surface area contributed by atoms with E-state index in [-0.39, 0.29) is 0 Å². The minimum atomic E-state index is 0.329. The summed E-state index contributed by atoms with van der Waals surface area (Å²) in [6.45, 7) is 4.32. The van der Waals surface area contributed by atoms with Gasteiger partial charge in [0.05, 0.1) is 0 Å². The third-order valence-electron chi connectivity index (χ3n) is 4.05. The van der Waals surface area contributed by atoms with Crippen molar-refractivity contribution in [1.82, 2.24) is 4.90 Å². The maximum absolute atomic E-state index is 8.70. The molecule has 1 aliphatic rings. The molecule has 2 unspecified atom stereocenters. The van der Waals surface area contributed by atoms with Gasteiger partial charge in [0, 0.05) is 19.0 Å². The Morgan fingerprint density at radius 3 is 2.84 bits per heavy atom. The summed E-state index contributed by atoms with van der Waals surface area (Å²) in [6, 6.07) is 11.1. The van der Waals surface area contributed by atoms with Gasteiger partial charge < -0.3 is 10.9 Å². The molecule has 1 aromatic carbocycles. The Labute approximate surface area is 114 Å². The van der Waals surface area contributed by atoms with Gasteiger partial charge in [-0.3, -0.25) is 4.90 Å². The lowest BCUT2D eigenvalue weighted by atomic mass is 9.98. The van der Waals surface area contributed by atoms with Crippen LogP contribution in [0.2, 0.25) is 0 Å². The molecular formula is C15H23N3O. The van der Waals surface area contributed by atoms with E-state index in [0.29, 0.717) is 24.2 Å². The van der Waals surface area contributed by atoms with E-state index < -0.39 is 0 Å². The van der Waals surface area contributed by atoms with Crippen LogP contribution in [0.15, 0.2) is 35.5 Å². The highest BCUT2D eigenvalue weighted by Gasteiger charge is 2.28. The van der Waals surface area contributed by atoms with Crippen molar-refractivity contribution in [3.63, 3.8) is 0 Å². The van der Waals surface area contributed by atoms with Crippen molar-refractivity contribution in [2.45, 2.75) is 38.1 Å².